The van der Waals surface area contributed by atoms with E-state index in [1.807, 2.05) is 30.3 Å². The van der Waals surface area contributed by atoms with Crippen LogP contribution in [0.2, 0.25) is 0 Å². The maximum atomic E-state index is 10.5. The summed E-state index contributed by atoms with van der Waals surface area (Å²) in [4.78, 5) is 0. The first-order valence-electron chi connectivity index (χ1n) is 18.3. The molecule has 55 heavy (non-hydrogen) atoms. The van der Waals surface area contributed by atoms with E-state index in [1.165, 1.54) is 5.39 Å². The highest BCUT2D eigenvalue weighted by molar-refractivity contribution is 6.24. The van der Waals surface area contributed by atoms with Crippen LogP contribution in [-0.4, -0.2) is 13.7 Å². The zero-order valence-corrected chi connectivity index (χ0v) is 29.5. The molecule has 0 aliphatic rings. The third-order valence-corrected chi connectivity index (χ3v) is 11.0. The quantitative estimate of drug-likeness (QED) is 0.184. The fraction of sp³-hybridized carbons (Fsp3) is 0. The summed E-state index contributed by atoms with van der Waals surface area (Å²) in [5.41, 5.74) is 12.1. The molecule has 11 rings (SSSR count). The van der Waals surface area contributed by atoms with E-state index < -0.39 is 0 Å². The van der Waals surface area contributed by atoms with E-state index in [1.54, 1.807) is 0 Å². The molecule has 0 N–H and O–H groups in total. The Balaban J connectivity index is 1.22. The highest BCUT2D eigenvalue weighted by atomic mass is 15.0. The molecule has 8 aromatic carbocycles. The van der Waals surface area contributed by atoms with Crippen molar-refractivity contribution in [1.82, 2.24) is 13.7 Å². The van der Waals surface area contributed by atoms with Crippen LogP contribution >= 0.6 is 0 Å². The first-order valence-corrected chi connectivity index (χ1v) is 18.3. The lowest BCUT2D eigenvalue weighted by molar-refractivity contribution is 1.15. The number of fused-ring (bicyclic) bond motifs is 10. The molecule has 11 aromatic rings. The standard InChI is InChI=1S/C50H29N5/c51-30-32-24-34(28-37(26-32)53-45-18-8-4-14-39(45)40-15-5-9-19-46(40)53)35-25-33(31-52)27-38(29-35)55-48-21-11-7-17-42(48)44-23-22-43-41-16-6-10-20-47(41)54(49(43)50(44)55)36-12-2-1-3-13-36/h1-29H. The molecule has 3 heterocycles. The minimum absolute atomic E-state index is 0.537. The summed E-state index contributed by atoms with van der Waals surface area (Å²) in [6.07, 6.45) is 0. The maximum absolute atomic E-state index is 10.5. The van der Waals surface area contributed by atoms with Gasteiger partial charge in [-0.2, -0.15) is 10.5 Å². The first kappa shape index (κ1) is 30.7. The molecule has 0 aliphatic carbocycles. The molecule has 0 radical (unpaired) electrons. The molecule has 0 unspecified atom stereocenters. The molecular formula is C50H29N5. The number of nitrogens with zero attached hydrogens (tertiary/aromatic N) is 5. The van der Waals surface area contributed by atoms with Gasteiger partial charge in [-0.3, -0.25) is 0 Å². The van der Waals surface area contributed by atoms with E-state index in [4.69, 9.17) is 0 Å². The van der Waals surface area contributed by atoms with Gasteiger partial charge in [0.2, 0.25) is 0 Å². The van der Waals surface area contributed by atoms with Crippen LogP contribution < -0.4 is 0 Å². The molecule has 0 amide bonds. The van der Waals surface area contributed by atoms with E-state index in [-0.39, 0.29) is 0 Å². The number of nitriles is 2. The second kappa shape index (κ2) is 11.8. The average Bonchev–Trinajstić information content (AvgIpc) is 3.89. The molecule has 5 heteroatoms. The van der Waals surface area contributed by atoms with Crippen LogP contribution in [0.1, 0.15) is 11.1 Å². The highest BCUT2D eigenvalue weighted by Gasteiger charge is 2.22. The zero-order chi connectivity index (χ0) is 36.6. The summed E-state index contributed by atoms with van der Waals surface area (Å²) in [6.45, 7) is 0. The van der Waals surface area contributed by atoms with Gasteiger partial charge >= 0.3 is 0 Å². The Morgan fingerprint density at radius 1 is 0.309 bits per heavy atom. The predicted molar refractivity (Wildman–Crippen MR) is 224 cm³/mol. The van der Waals surface area contributed by atoms with E-state index in [2.05, 4.69) is 171 Å². The summed E-state index contributed by atoms with van der Waals surface area (Å²) >= 11 is 0. The van der Waals surface area contributed by atoms with Crippen molar-refractivity contribution in [2.45, 2.75) is 0 Å². The molecule has 254 valence electrons. The van der Waals surface area contributed by atoms with Crippen LogP contribution in [-0.2, 0) is 0 Å². The topological polar surface area (TPSA) is 62.4 Å². The van der Waals surface area contributed by atoms with Gasteiger partial charge in [0, 0.05) is 49.4 Å². The van der Waals surface area contributed by atoms with E-state index in [0.717, 1.165) is 88.2 Å². The Hall–Kier alpha value is -7.86. The van der Waals surface area contributed by atoms with Crippen molar-refractivity contribution < 1.29 is 0 Å². The molecule has 5 nitrogen and oxygen atoms in total. The third-order valence-electron chi connectivity index (χ3n) is 11.0. The summed E-state index contributed by atoms with van der Waals surface area (Å²) in [6, 6.07) is 65.8. The smallest absolute Gasteiger partial charge is 0.0992 e. The first-order chi connectivity index (χ1) is 27.2. The number of benzene rings is 8. The second-order valence-corrected chi connectivity index (χ2v) is 14.0. The lowest BCUT2D eigenvalue weighted by Crippen LogP contribution is -2.00. The van der Waals surface area contributed by atoms with Gasteiger partial charge in [0.1, 0.15) is 0 Å². The van der Waals surface area contributed by atoms with E-state index >= 15 is 0 Å². The maximum Gasteiger partial charge on any atom is 0.0992 e. The van der Waals surface area contributed by atoms with Gasteiger partial charge in [-0.05, 0) is 83.9 Å². The number of rotatable bonds is 4. The number of aromatic nitrogens is 3. The zero-order valence-electron chi connectivity index (χ0n) is 29.5. The Bertz CT molecular complexity index is 3400. The van der Waals surface area contributed by atoms with Crippen molar-refractivity contribution >= 4 is 65.4 Å². The van der Waals surface area contributed by atoms with Gasteiger partial charge in [0.15, 0.2) is 0 Å². The van der Waals surface area contributed by atoms with Crippen molar-refractivity contribution in [3.8, 4) is 40.3 Å². The van der Waals surface area contributed by atoms with Gasteiger partial charge in [-0.25, -0.2) is 0 Å². The fourth-order valence-corrected chi connectivity index (χ4v) is 8.76. The van der Waals surface area contributed by atoms with Crippen molar-refractivity contribution in [2.24, 2.45) is 0 Å². The van der Waals surface area contributed by atoms with Gasteiger partial charge in [-0.1, -0.05) is 103 Å². The Morgan fingerprint density at radius 2 is 0.673 bits per heavy atom. The minimum Gasteiger partial charge on any atom is -0.309 e. The van der Waals surface area contributed by atoms with Crippen LogP contribution in [0.5, 0.6) is 0 Å². The molecule has 0 saturated heterocycles. The van der Waals surface area contributed by atoms with Gasteiger partial charge in [0.25, 0.3) is 0 Å². The summed E-state index contributed by atoms with van der Waals surface area (Å²) in [5, 5.41) is 27.8. The molecular weight excluding hydrogens is 671 g/mol. The largest absolute Gasteiger partial charge is 0.309 e. The van der Waals surface area contributed by atoms with Crippen LogP contribution in [0.3, 0.4) is 0 Å². The van der Waals surface area contributed by atoms with Crippen LogP contribution in [0.4, 0.5) is 0 Å². The average molecular weight is 700 g/mol. The van der Waals surface area contributed by atoms with Gasteiger partial charge in [0.05, 0.1) is 56.4 Å². The number of para-hydroxylation sites is 5. The van der Waals surface area contributed by atoms with Gasteiger partial charge in [-0.15, -0.1) is 0 Å². The molecule has 0 fully saturated rings. The number of hydrogen-bond acceptors (Lipinski definition) is 2. The Kier molecular flexibility index (Phi) is 6.61. The van der Waals surface area contributed by atoms with E-state index in [9.17, 15) is 10.5 Å². The second-order valence-electron chi connectivity index (χ2n) is 14.0. The van der Waals surface area contributed by atoms with Crippen molar-refractivity contribution in [2.75, 3.05) is 0 Å². The number of hydrogen-bond donors (Lipinski definition) is 0. The third kappa shape index (κ3) is 4.51. The molecule has 0 bridgehead atoms. The summed E-state index contributed by atoms with van der Waals surface area (Å²) in [7, 11) is 0. The lowest BCUT2D eigenvalue weighted by Gasteiger charge is -2.15. The molecule has 0 atom stereocenters. The Labute approximate surface area is 316 Å². The van der Waals surface area contributed by atoms with E-state index in [0.29, 0.717) is 11.1 Å². The van der Waals surface area contributed by atoms with Gasteiger partial charge < -0.3 is 13.7 Å². The lowest BCUT2D eigenvalue weighted by atomic mass is 9.99. The van der Waals surface area contributed by atoms with Crippen molar-refractivity contribution in [1.29, 1.82) is 10.5 Å². The highest BCUT2D eigenvalue weighted by Crippen LogP contribution is 2.42. The van der Waals surface area contributed by atoms with Crippen molar-refractivity contribution in [3.05, 3.63) is 187 Å². The monoisotopic (exact) mass is 699 g/mol. The van der Waals surface area contributed by atoms with Crippen LogP contribution in [0.15, 0.2) is 176 Å². The molecule has 3 aromatic heterocycles. The fourth-order valence-electron chi connectivity index (χ4n) is 8.76. The molecule has 0 spiro atoms. The van der Waals surface area contributed by atoms with Crippen LogP contribution in [0.25, 0.3) is 93.6 Å². The molecule has 0 aliphatic heterocycles. The van der Waals surface area contributed by atoms with Crippen molar-refractivity contribution in [3.63, 3.8) is 0 Å². The summed E-state index contributed by atoms with van der Waals surface area (Å²) in [5.74, 6) is 0. The summed E-state index contributed by atoms with van der Waals surface area (Å²) < 4.78 is 6.92. The molecule has 0 saturated carbocycles. The Morgan fingerprint density at radius 3 is 1.13 bits per heavy atom. The minimum atomic E-state index is 0.537. The van der Waals surface area contributed by atoms with Crippen LogP contribution in [0, 0.1) is 22.7 Å². The normalized spacial score (nSPS) is 11.6. The SMILES string of the molecule is N#Cc1cc(-c2cc(C#N)cc(-n3c4ccccc4c4ccc5c6ccccc6n(-c6ccccc6)c5c43)c2)cc(-n2c3ccccc3c3ccccc32)c1. The predicted octanol–water partition coefficient (Wildman–Crippen LogP) is 12.4.